The van der Waals surface area contributed by atoms with Crippen molar-refractivity contribution in [3.63, 3.8) is 0 Å². The zero-order chi connectivity index (χ0) is 20.7. The van der Waals surface area contributed by atoms with Gasteiger partial charge in [-0.15, -0.1) is 0 Å². The fourth-order valence-corrected chi connectivity index (χ4v) is 4.15. The van der Waals surface area contributed by atoms with Gasteiger partial charge in [0.05, 0.1) is 11.8 Å². The molecule has 0 spiro atoms. The lowest BCUT2D eigenvalue weighted by Crippen LogP contribution is -2.33. The van der Waals surface area contributed by atoms with Crippen molar-refractivity contribution in [1.82, 2.24) is 5.01 Å². The van der Waals surface area contributed by atoms with Gasteiger partial charge in [-0.25, -0.2) is 5.01 Å². The van der Waals surface area contributed by atoms with Crippen LogP contribution in [0.3, 0.4) is 0 Å². The van der Waals surface area contributed by atoms with Gasteiger partial charge in [0.1, 0.15) is 11.5 Å². The zero-order valence-electron chi connectivity index (χ0n) is 15.7. The summed E-state index contributed by atoms with van der Waals surface area (Å²) in [5, 5.41) is 6.86. The first-order chi connectivity index (χ1) is 14.6. The molecule has 5 rings (SSSR count). The number of rotatable bonds is 4. The van der Waals surface area contributed by atoms with Crippen molar-refractivity contribution in [1.29, 1.82) is 0 Å². The number of hydrogen-bond acceptors (Lipinski definition) is 4. The number of halogens is 3. The van der Waals surface area contributed by atoms with Crippen LogP contribution in [0.15, 0.2) is 82.4 Å². The molecule has 4 nitrogen and oxygen atoms in total. The van der Waals surface area contributed by atoms with Gasteiger partial charge in [-0.1, -0.05) is 46.3 Å². The molecule has 3 aromatic rings. The number of fused-ring (bicyclic) bond motifs is 3. The van der Waals surface area contributed by atoms with Crippen molar-refractivity contribution in [3.05, 3.63) is 94.0 Å². The van der Waals surface area contributed by atoms with Gasteiger partial charge in [-0.2, -0.15) is 13.9 Å². The Kier molecular flexibility index (Phi) is 4.90. The average Bonchev–Trinajstić information content (AvgIpc) is 3.20. The van der Waals surface area contributed by atoms with Crippen LogP contribution in [0, 0.1) is 0 Å². The fraction of sp³-hybridized carbons (Fsp3) is 0.174. The monoisotopic (exact) mass is 470 g/mol. The Morgan fingerprint density at radius 3 is 2.47 bits per heavy atom. The Labute approximate surface area is 180 Å². The Balaban J connectivity index is 1.51. The second-order valence-corrected chi connectivity index (χ2v) is 8.02. The van der Waals surface area contributed by atoms with Crippen molar-refractivity contribution in [2.75, 3.05) is 0 Å². The topological polar surface area (TPSA) is 34.1 Å². The molecular formula is C23H17BrF2N2O2. The minimum absolute atomic E-state index is 0.0376. The fourth-order valence-electron chi connectivity index (χ4n) is 3.88. The highest BCUT2D eigenvalue weighted by molar-refractivity contribution is 9.10. The van der Waals surface area contributed by atoms with Crippen LogP contribution in [0.25, 0.3) is 0 Å². The molecule has 2 aliphatic rings. The molecule has 0 saturated carbocycles. The lowest BCUT2D eigenvalue weighted by molar-refractivity contribution is -0.0499. The van der Waals surface area contributed by atoms with Crippen LogP contribution < -0.4 is 9.47 Å². The van der Waals surface area contributed by atoms with Crippen LogP contribution in [0.1, 0.15) is 35.4 Å². The van der Waals surface area contributed by atoms with E-state index in [1.807, 2.05) is 47.5 Å². The SMILES string of the molecule is FC(F)Oc1ccc([C@@H]2Oc3ccccc3[C@H]3CC(c4ccc(Br)cc4)=NN32)cc1. The van der Waals surface area contributed by atoms with Gasteiger partial charge in [0.2, 0.25) is 6.23 Å². The van der Waals surface area contributed by atoms with Crippen LogP contribution in [0.2, 0.25) is 0 Å². The highest BCUT2D eigenvalue weighted by Gasteiger charge is 2.40. The second kappa shape index (κ2) is 7.72. The smallest absolute Gasteiger partial charge is 0.387 e. The summed E-state index contributed by atoms with van der Waals surface area (Å²) < 4.78 is 36.7. The van der Waals surface area contributed by atoms with E-state index in [-0.39, 0.29) is 11.8 Å². The first-order valence-corrected chi connectivity index (χ1v) is 10.3. The standard InChI is InChI=1S/C23H17BrF2N2O2/c24-16-9-5-14(6-10-16)19-13-20-18-3-1-2-4-21(18)30-22(28(20)27-19)15-7-11-17(12-8-15)29-23(25)26/h1-12,20,22-23H,13H2/t20-,22+/m1/s1. The van der Waals surface area contributed by atoms with Crippen LogP contribution in [0.4, 0.5) is 8.78 Å². The predicted molar refractivity (Wildman–Crippen MR) is 113 cm³/mol. The van der Waals surface area contributed by atoms with Gasteiger partial charge in [0.15, 0.2) is 0 Å². The van der Waals surface area contributed by atoms with E-state index in [0.29, 0.717) is 0 Å². The molecule has 0 radical (unpaired) electrons. The molecule has 0 bridgehead atoms. The van der Waals surface area contributed by atoms with E-state index < -0.39 is 12.8 Å². The highest BCUT2D eigenvalue weighted by atomic mass is 79.9. The van der Waals surface area contributed by atoms with Crippen LogP contribution in [-0.4, -0.2) is 17.3 Å². The summed E-state index contributed by atoms with van der Waals surface area (Å²) in [4.78, 5) is 0. The summed E-state index contributed by atoms with van der Waals surface area (Å²) in [7, 11) is 0. The van der Waals surface area contributed by atoms with Gasteiger partial charge in [0, 0.05) is 22.0 Å². The van der Waals surface area contributed by atoms with Crippen LogP contribution in [-0.2, 0) is 0 Å². The zero-order valence-corrected chi connectivity index (χ0v) is 17.3. The Bertz CT molecular complexity index is 1090. The van der Waals surface area contributed by atoms with Crippen molar-refractivity contribution < 1.29 is 18.3 Å². The Morgan fingerprint density at radius 1 is 1.00 bits per heavy atom. The third-order valence-corrected chi connectivity index (χ3v) is 5.80. The Hall–Kier alpha value is -2.93. The van der Waals surface area contributed by atoms with Gasteiger partial charge < -0.3 is 9.47 Å². The van der Waals surface area contributed by atoms with Crippen LogP contribution in [0.5, 0.6) is 11.5 Å². The maximum Gasteiger partial charge on any atom is 0.387 e. The van der Waals surface area contributed by atoms with Crippen molar-refractivity contribution >= 4 is 21.6 Å². The second-order valence-electron chi connectivity index (χ2n) is 7.11. The average molecular weight is 471 g/mol. The molecule has 0 aromatic heterocycles. The maximum absolute atomic E-state index is 12.5. The molecule has 2 aliphatic heterocycles. The predicted octanol–water partition coefficient (Wildman–Crippen LogP) is 6.29. The molecular weight excluding hydrogens is 454 g/mol. The summed E-state index contributed by atoms with van der Waals surface area (Å²) in [6.45, 7) is -2.85. The van der Waals surface area contributed by atoms with Crippen molar-refractivity contribution in [2.24, 2.45) is 5.10 Å². The highest BCUT2D eigenvalue weighted by Crippen LogP contribution is 2.47. The summed E-state index contributed by atoms with van der Waals surface area (Å²) >= 11 is 3.47. The number of nitrogens with zero attached hydrogens (tertiary/aromatic N) is 2. The molecule has 0 fully saturated rings. The van der Waals surface area contributed by atoms with E-state index in [1.54, 1.807) is 12.1 Å². The normalized spacial score (nSPS) is 19.7. The molecule has 30 heavy (non-hydrogen) atoms. The molecule has 2 heterocycles. The largest absolute Gasteiger partial charge is 0.464 e. The molecule has 7 heteroatoms. The minimum atomic E-state index is -2.85. The third kappa shape index (κ3) is 3.54. The van der Waals surface area contributed by atoms with E-state index in [1.165, 1.54) is 12.1 Å². The van der Waals surface area contributed by atoms with Gasteiger partial charge in [-0.05, 0) is 48.0 Å². The summed E-state index contributed by atoms with van der Waals surface area (Å²) in [6, 6.07) is 22.6. The molecule has 0 unspecified atom stereocenters. The number of alkyl halides is 2. The van der Waals surface area contributed by atoms with Crippen molar-refractivity contribution in [3.8, 4) is 11.5 Å². The summed E-state index contributed by atoms with van der Waals surface area (Å²) in [5.41, 5.74) is 3.94. The quantitative estimate of drug-likeness (QED) is 0.449. The van der Waals surface area contributed by atoms with E-state index in [0.717, 1.165) is 39.0 Å². The lowest BCUT2D eigenvalue weighted by Gasteiger charge is -2.38. The first kappa shape index (κ1) is 19.1. The molecule has 0 amide bonds. The molecule has 2 atom stereocenters. The molecule has 0 aliphatic carbocycles. The molecule has 0 saturated heterocycles. The number of hydrogen-bond donors (Lipinski definition) is 0. The lowest BCUT2D eigenvalue weighted by atomic mass is 9.96. The molecule has 152 valence electrons. The van der Waals surface area contributed by atoms with E-state index in [9.17, 15) is 8.78 Å². The minimum Gasteiger partial charge on any atom is -0.464 e. The molecule has 0 N–H and O–H groups in total. The first-order valence-electron chi connectivity index (χ1n) is 9.50. The number of hydrazone groups is 1. The number of benzene rings is 3. The summed E-state index contributed by atoms with van der Waals surface area (Å²) in [6.07, 6.45) is 0.295. The summed E-state index contributed by atoms with van der Waals surface area (Å²) in [5.74, 6) is 0.922. The van der Waals surface area contributed by atoms with Gasteiger partial charge in [0.25, 0.3) is 0 Å². The number of para-hydroxylation sites is 1. The van der Waals surface area contributed by atoms with E-state index >= 15 is 0 Å². The van der Waals surface area contributed by atoms with Gasteiger partial charge >= 0.3 is 6.61 Å². The number of ether oxygens (including phenoxy) is 2. The van der Waals surface area contributed by atoms with Crippen molar-refractivity contribution in [2.45, 2.75) is 25.3 Å². The molecule has 3 aromatic carbocycles. The van der Waals surface area contributed by atoms with E-state index in [2.05, 4.69) is 26.7 Å². The maximum atomic E-state index is 12.5. The Morgan fingerprint density at radius 2 is 1.73 bits per heavy atom. The van der Waals surface area contributed by atoms with Gasteiger partial charge in [-0.3, -0.25) is 0 Å². The van der Waals surface area contributed by atoms with E-state index in [4.69, 9.17) is 9.84 Å². The van der Waals surface area contributed by atoms with Crippen LogP contribution >= 0.6 is 15.9 Å². The third-order valence-electron chi connectivity index (χ3n) is 5.27.